The van der Waals surface area contributed by atoms with E-state index in [0.717, 1.165) is 49.6 Å². The molecule has 0 aliphatic carbocycles. The fourth-order valence-electron chi connectivity index (χ4n) is 3.62. The molecule has 2 aromatic carbocycles. The van der Waals surface area contributed by atoms with Gasteiger partial charge in [-0.2, -0.15) is 0 Å². The molecular weight excluding hydrogens is 324 g/mol. The van der Waals surface area contributed by atoms with E-state index < -0.39 is 0 Å². The molecule has 1 saturated heterocycles. The molecule has 1 aliphatic rings. The van der Waals surface area contributed by atoms with Crippen molar-refractivity contribution < 1.29 is 9.53 Å². The molecule has 2 aromatic rings. The Morgan fingerprint density at radius 2 is 1.62 bits per heavy atom. The molecule has 1 amide bonds. The summed E-state index contributed by atoms with van der Waals surface area (Å²) in [4.78, 5) is 17.4. The number of para-hydroxylation sites is 2. The third-order valence-electron chi connectivity index (χ3n) is 5.01. The topological polar surface area (TPSA) is 32.8 Å². The Bertz CT molecular complexity index is 709. The van der Waals surface area contributed by atoms with Gasteiger partial charge in [0.1, 0.15) is 5.75 Å². The number of hydrogen-bond donors (Lipinski definition) is 0. The van der Waals surface area contributed by atoms with Crippen molar-refractivity contribution in [2.75, 3.05) is 37.7 Å². The molecule has 0 spiro atoms. The van der Waals surface area contributed by atoms with E-state index in [0.29, 0.717) is 6.61 Å². The van der Waals surface area contributed by atoms with Gasteiger partial charge in [0.15, 0.2) is 0 Å². The third kappa shape index (κ3) is 4.01. The Kier molecular flexibility index (Phi) is 6.16. The number of hydrogen-bond acceptors (Lipinski definition) is 3. The smallest absolute Gasteiger partial charge is 0.230 e. The highest BCUT2D eigenvalue weighted by molar-refractivity contribution is 5.84. The zero-order valence-electron chi connectivity index (χ0n) is 15.7. The summed E-state index contributed by atoms with van der Waals surface area (Å²) in [5.74, 6) is 1.13. The van der Waals surface area contributed by atoms with Crippen molar-refractivity contribution in [2.24, 2.45) is 0 Å². The van der Waals surface area contributed by atoms with Crippen LogP contribution in [0.25, 0.3) is 0 Å². The summed E-state index contributed by atoms with van der Waals surface area (Å²) in [6, 6.07) is 18.3. The maximum Gasteiger partial charge on any atom is 0.230 e. The van der Waals surface area contributed by atoms with Crippen LogP contribution in [0.5, 0.6) is 5.75 Å². The molecule has 1 aliphatic heterocycles. The summed E-state index contributed by atoms with van der Waals surface area (Å²) < 4.78 is 5.76. The molecule has 26 heavy (non-hydrogen) atoms. The molecule has 1 fully saturated rings. The van der Waals surface area contributed by atoms with E-state index in [9.17, 15) is 4.79 Å². The van der Waals surface area contributed by atoms with Gasteiger partial charge >= 0.3 is 0 Å². The van der Waals surface area contributed by atoms with Crippen molar-refractivity contribution in [3.05, 3.63) is 60.2 Å². The summed E-state index contributed by atoms with van der Waals surface area (Å²) >= 11 is 0. The third-order valence-corrected chi connectivity index (χ3v) is 5.01. The number of ether oxygens (including phenoxy) is 1. The highest BCUT2D eigenvalue weighted by Gasteiger charge is 2.28. The van der Waals surface area contributed by atoms with E-state index in [2.05, 4.69) is 30.0 Å². The predicted molar refractivity (Wildman–Crippen MR) is 106 cm³/mol. The molecule has 3 rings (SSSR count). The average Bonchev–Trinajstić information content (AvgIpc) is 2.70. The van der Waals surface area contributed by atoms with Crippen molar-refractivity contribution in [1.82, 2.24) is 4.90 Å². The first-order chi connectivity index (χ1) is 12.7. The summed E-state index contributed by atoms with van der Waals surface area (Å²) in [5, 5.41) is 0. The van der Waals surface area contributed by atoms with Crippen LogP contribution >= 0.6 is 0 Å². The molecule has 4 heteroatoms. The Morgan fingerprint density at radius 3 is 2.27 bits per heavy atom. The minimum absolute atomic E-state index is 0.0431. The summed E-state index contributed by atoms with van der Waals surface area (Å²) in [6.45, 7) is 7.92. The van der Waals surface area contributed by atoms with Gasteiger partial charge in [0, 0.05) is 26.2 Å². The van der Waals surface area contributed by atoms with Crippen molar-refractivity contribution >= 4 is 11.6 Å². The molecule has 1 unspecified atom stereocenters. The van der Waals surface area contributed by atoms with Crippen LogP contribution in [0.2, 0.25) is 0 Å². The Morgan fingerprint density at radius 1 is 0.962 bits per heavy atom. The number of carbonyl (C=O) groups excluding carboxylic acids is 1. The van der Waals surface area contributed by atoms with E-state index >= 15 is 0 Å². The van der Waals surface area contributed by atoms with Crippen molar-refractivity contribution in [2.45, 2.75) is 26.2 Å². The standard InChI is InChI=1S/C22H28N2O2/c1-3-19(18-10-6-5-7-11-18)22(25)24-16-14-23(15-17-24)20-12-8-9-13-21(20)26-4-2/h5-13,19H,3-4,14-17H2,1-2H3. The van der Waals surface area contributed by atoms with Crippen LogP contribution < -0.4 is 9.64 Å². The van der Waals surface area contributed by atoms with Gasteiger partial charge in [-0.15, -0.1) is 0 Å². The van der Waals surface area contributed by atoms with Crippen LogP contribution in [0, 0.1) is 0 Å². The van der Waals surface area contributed by atoms with E-state index in [4.69, 9.17) is 4.74 Å². The maximum atomic E-state index is 13.0. The van der Waals surface area contributed by atoms with Gasteiger partial charge in [-0.05, 0) is 31.0 Å². The van der Waals surface area contributed by atoms with Gasteiger partial charge in [-0.25, -0.2) is 0 Å². The number of nitrogens with zero attached hydrogens (tertiary/aromatic N) is 2. The van der Waals surface area contributed by atoms with Crippen LogP contribution in [0.4, 0.5) is 5.69 Å². The monoisotopic (exact) mass is 352 g/mol. The molecule has 0 aromatic heterocycles. The van der Waals surface area contributed by atoms with Crippen LogP contribution in [0.15, 0.2) is 54.6 Å². The lowest BCUT2D eigenvalue weighted by Gasteiger charge is -2.38. The van der Waals surface area contributed by atoms with E-state index in [-0.39, 0.29) is 11.8 Å². The van der Waals surface area contributed by atoms with Gasteiger partial charge in [0.25, 0.3) is 0 Å². The van der Waals surface area contributed by atoms with Gasteiger partial charge in [0.05, 0.1) is 18.2 Å². The number of rotatable bonds is 6. The lowest BCUT2D eigenvalue weighted by molar-refractivity contribution is -0.133. The van der Waals surface area contributed by atoms with Gasteiger partial charge < -0.3 is 14.5 Å². The molecular formula is C22H28N2O2. The van der Waals surface area contributed by atoms with Gasteiger partial charge in [-0.1, -0.05) is 49.4 Å². The highest BCUT2D eigenvalue weighted by Crippen LogP contribution is 2.29. The summed E-state index contributed by atoms with van der Waals surface area (Å²) in [7, 11) is 0. The fourth-order valence-corrected chi connectivity index (χ4v) is 3.62. The average molecular weight is 352 g/mol. The predicted octanol–water partition coefficient (Wildman–Crippen LogP) is 3.93. The first-order valence-electron chi connectivity index (χ1n) is 9.55. The Hall–Kier alpha value is -2.49. The largest absolute Gasteiger partial charge is 0.492 e. The zero-order chi connectivity index (χ0) is 18.4. The van der Waals surface area contributed by atoms with E-state index in [1.807, 2.05) is 48.2 Å². The van der Waals surface area contributed by atoms with Crippen molar-refractivity contribution in [3.8, 4) is 5.75 Å². The molecule has 0 radical (unpaired) electrons. The van der Waals surface area contributed by atoms with Crippen LogP contribution in [-0.2, 0) is 4.79 Å². The van der Waals surface area contributed by atoms with Gasteiger partial charge in [0.2, 0.25) is 5.91 Å². The van der Waals surface area contributed by atoms with Crippen molar-refractivity contribution in [1.29, 1.82) is 0 Å². The summed E-state index contributed by atoms with van der Waals surface area (Å²) in [6.07, 6.45) is 0.830. The second-order valence-corrected chi connectivity index (χ2v) is 6.58. The number of anilines is 1. The molecule has 0 N–H and O–H groups in total. The molecule has 1 atom stereocenters. The lowest BCUT2D eigenvalue weighted by Crippen LogP contribution is -2.50. The number of piperazine rings is 1. The second-order valence-electron chi connectivity index (χ2n) is 6.58. The normalized spacial score (nSPS) is 15.6. The van der Waals surface area contributed by atoms with Crippen LogP contribution in [0.3, 0.4) is 0 Å². The molecule has 4 nitrogen and oxygen atoms in total. The summed E-state index contributed by atoms with van der Waals surface area (Å²) in [5.41, 5.74) is 2.24. The Labute approximate surface area is 156 Å². The fraction of sp³-hybridized carbons (Fsp3) is 0.409. The molecule has 0 bridgehead atoms. The van der Waals surface area contributed by atoms with Crippen LogP contribution in [0.1, 0.15) is 31.7 Å². The Balaban J connectivity index is 1.66. The number of benzene rings is 2. The minimum atomic E-state index is -0.0431. The second kappa shape index (κ2) is 8.75. The highest BCUT2D eigenvalue weighted by atomic mass is 16.5. The lowest BCUT2D eigenvalue weighted by atomic mass is 9.95. The van der Waals surface area contributed by atoms with Gasteiger partial charge in [-0.3, -0.25) is 4.79 Å². The minimum Gasteiger partial charge on any atom is -0.492 e. The van der Waals surface area contributed by atoms with Crippen molar-refractivity contribution in [3.63, 3.8) is 0 Å². The maximum absolute atomic E-state index is 13.0. The first-order valence-corrected chi connectivity index (χ1v) is 9.55. The van der Waals surface area contributed by atoms with Crippen LogP contribution in [-0.4, -0.2) is 43.6 Å². The molecule has 138 valence electrons. The zero-order valence-corrected chi connectivity index (χ0v) is 15.7. The first kappa shape index (κ1) is 18.3. The molecule has 0 saturated carbocycles. The van der Waals surface area contributed by atoms with E-state index in [1.54, 1.807) is 0 Å². The number of carbonyl (C=O) groups is 1. The SMILES string of the molecule is CCOc1ccccc1N1CCN(C(=O)C(CC)c2ccccc2)CC1. The number of amides is 1. The molecule has 1 heterocycles. The van der Waals surface area contributed by atoms with E-state index in [1.165, 1.54) is 0 Å². The quantitative estimate of drug-likeness (QED) is 0.790.